The molecule has 0 atom stereocenters. The van der Waals surface area contributed by atoms with Gasteiger partial charge < -0.3 is 17.0 Å². The zero-order valence-corrected chi connectivity index (χ0v) is 20.0. The van der Waals surface area contributed by atoms with Gasteiger partial charge in [-0.25, -0.2) is 14.5 Å². The maximum atomic E-state index is 13.1. The van der Waals surface area contributed by atoms with E-state index in [1.807, 2.05) is 18.2 Å². The number of rotatable bonds is 5. The lowest BCUT2D eigenvalue weighted by Crippen LogP contribution is -2.20. The zero-order chi connectivity index (χ0) is 22.9. The van der Waals surface area contributed by atoms with E-state index in [9.17, 15) is 4.79 Å². The van der Waals surface area contributed by atoms with Crippen LogP contribution >= 0.6 is 35.2 Å². The summed E-state index contributed by atoms with van der Waals surface area (Å²) in [4.78, 5) is 21.8. The van der Waals surface area contributed by atoms with Gasteiger partial charge in [0.2, 0.25) is 11.5 Å². The van der Waals surface area contributed by atoms with Gasteiger partial charge in [0.1, 0.15) is 0 Å². The third-order valence-electron chi connectivity index (χ3n) is 4.92. The van der Waals surface area contributed by atoms with Gasteiger partial charge in [-0.1, -0.05) is 12.1 Å². The van der Waals surface area contributed by atoms with E-state index in [2.05, 4.69) is 9.97 Å². The molecule has 0 amide bonds. The molecule has 33 heavy (non-hydrogen) atoms. The highest BCUT2D eigenvalue weighted by Crippen LogP contribution is 2.32. The van der Waals surface area contributed by atoms with E-state index in [1.165, 1.54) is 17.9 Å². The molecule has 0 aliphatic rings. The molecule has 3 heterocycles. The van der Waals surface area contributed by atoms with Crippen LogP contribution in [0.5, 0.6) is 23.1 Å². The van der Waals surface area contributed by atoms with Gasteiger partial charge in [-0.3, -0.25) is 4.79 Å². The standard InChI is InChI=1S/C23H14IN3O5S/c1-29-18-10-11-25-20-21(18)31-23(33)27(22(20)28)14-7-8-15-13(12-14)6-9-19(26-15)30-16-4-2-3-5-17(16)32-24/h2-12H,1H3. The van der Waals surface area contributed by atoms with Crippen LogP contribution < -0.4 is 18.1 Å². The molecular formula is C23H14IN3O5S. The van der Waals surface area contributed by atoms with Crippen molar-refractivity contribution in [3.8, 4) is 28.8 Å². The van der Waals surface area contributed by atoms with Crippen molar-refractivity contribution in [1.29, 1.82) is 0 Å². The number of pyridine rings is 2. The first-order valence-electron chi connectivity index (χ1n) is 9.64. The highest BCUT2D eigenvalue weighted by molar-refractivity contribution is 14.1. The topological polar surface area (TPSA) is 88.6 Å². The molecule has 10 heteroatoms. The molecule has 0 saturated heterocycles. The largest absolute Gasteiger partial charge is 0.493 e. The summed E-state index contributed by atoms with van der Waals surface area (Å²) in [5.41, 5.74) is 1.16. The molecular weight excluding hydrogens is 557 g/mol. The Morgan fingerprint density at radius 3 is 2.64 bits per heavy atom. The average Bonchev–Trinajstić information content (AvgIpc) is 2.84. The second kappa shape index (κ2) is 8.79. The van der Waals surface area contributed by atoms with Crippen LogP contribution in [-0.2, 0) is 0 Å². The van der Waals surface area contributed by atoms with E-state index in [0.717, 1.165) is 5.39 Å². The maximum Gasteiger partial charge on any atom is 0.288 e. The van der Waals surface area contributed by atoms with Gasteiger partial charge in [-0.2, -0.15) is 0 Å². The van der Waals surface area contributed by atoms with Crippen LogP contribution in [0.25, 0.3) is 27.7 Å². The smallest absolute Gasteiger partial charge is 0.288 e. The molecule has 0 aliphatic carbocycles. The molecule has 0 aliphatic heterocycles. The van der Waals surface area contributed by atoms with Crippen molar-refractivity contribution >= 4 is 57.2 Å². The van der Waals surface area contributed by atoms with Crippen LogP contribution in [0.1, 0.15) is 0 Å². The summed E-state index contributed by atoms with van der Waals surface area (Å²) >= 11 is 7.16. The zero-order valence-electron chi connectivity index (χ0n) is 17.0. The summed E-state index contributed by atoms with van der Waals surface area (Å²) in [7, 11) is 1.49. The molecule has 0 N–H and O–H groups in total. The SMILES string of the molecule is COc1ccnc2c(=O)n(-c3ccc4nc(Oc5ccccc5OI)ccc4c3)c(=S)oc12. The van der Waals surface area contributed by atoms with Crippen molar-refractivity contribution in [2.75, 3.05) is 7.11 Å². The molecule has 0 spiro atoms. The lowest BCUT2D eigenvalue weighted by Gasteiger charge is -2.10. The summed E-state index contributed by atoms with van der Waals surface area (Å²) in [6.45, 7) is 0. The van der Waals surface area contributed by atoms with Crippen LogP contribution in [0.2, 0.25) is 0 Å². The third kappa shape index (κ3) is 3.91. The van der Waals surface area contributed by atoms with Crippen LogP contribution in [0.4, 0.5) is 0 Å². The number of hydrogen-bond acceptors (Lipinski definition) is 8. The molecule has 3 aromatic heterocycles. The monoisotopic (exact) mass is 571 g/mol. The number of hydrogen-bond donors (Lipinski definition) is 0. The molecule has 0 saturated carbocycles. The van der Waals surface area contributed by atoms with Crippen LogP contribution in [-0.4, -0.2) is 21.6 Å². The van der Waals surface area contributed by atoms with Crippen LogP contribution in [0, 0.1) is 4.84 Å². The Balaban J connectivity index is 1.57. The summed E-state index contributed by atoms with van der Waals surface area (Å²) in [6, 6.07) is 17.8. The van der Waals surface area contributed by atoms with Gasteiger partial charge in [0.15, 0.2) is 45.8 Å². The quantitative estimate of drug-likeness (QED) is 0.194. The summed E-state index contributed by atoms with van der Waals surface area (Å²) in [5, 5.41) is 0.790. The second-order valence-electron chi connectivity index (χ2n) is 6.85. The molecule has 0 radical (unpaired) electrons. The van der Waals surface area contributed by atoms with Crippen molar-refractivity contribution < 1.29 is 17.0 Å². The van der Waals surface area contributed by atoms with Crippen molar-refractivity contribution in [3.05, 3.63) is 82.1 Å². The fourth-order valence-corrected chi connectivity index (χ4v) is 4.02. The molecule has 5 rings (SSSR count). The van der Waals surface area contributed by atoms with E-state index in [0.29, 0.717) is 34.3 Å². The summed E-state index contributed by atoms with van der Waals surface area (Å²) in [5.74, 6) is 1.95. The predicted molar refractivity (Wildman–Crippen MR) is 133 cm³/mol. The lowest BCUT2D eigenvalue weighted by molar-refractivity contribution is 0.404. The summed E-state index contributed by atoms with van der Waals surface area (Å²) < 4.78 is 23.4. The number of nitrogens with zero attached hydrogens (tertiary/aromatic N) is 3. The van der Waals surface area contributed by atoms with Crippen molar-refractivity contribution in [1.82, 2.24) is 14.5 Å². The second-order valence-corrected chi connectivity index (χ2v) is 7.64. The van der Waals surface area contributed by atoms with Gasteiger partial charge in [0.05, 0.1) is 18.3 Å². The molecule has 0 fully saturated rings. The van der Waals surface area contributed by atoms with Crippen molar-refractivity contribution in [2.24, 2.45) is 0 Å². The van der Waals surface area contributed by atoms with Gasteiger partial charge in [-0.05, 0) is 48.6 Å². The first-order chi connectivity index (χ1) is 16.1. The molecule has 2 aromatic carbocycles. The van der Waals surface area contributed by atoms with E-state index in [-0.39, 0.29) is 15.9 Å². The fourth-order valence-electron chi connectivity index (χ4n) is 3.39. The first-order valence-corrected chi connectivity index (χ1v) is 10.9. The normalized spacial score (nSPS) is 11.0. The number of benzene rings is 2. The van der Waals surface area contributed by atoms with Crippen LogP contribution in [0.15, 0.2) is 76.1 Å². The molecule has 5 aromatic rings. The highest BCUT2D eigenvalue weighted by Gasteiger charge is 2.15. The van der Waals surface area contributed by atoms with E-state index in [4.69, 9.17) is 29.2 Å². The molecule has 164 valence electrons. The van der Waals surface area contributed by atoms with E-state index < -0.39 is 5.56 Å². The minimum absolute atomic E-state index is 0.0125. The van der Waals surface area contributed by atoms with Gasteiger partial charge in [0, 0.05) is 23.7 Å². The van der Waals surface area contributed by atoms with Gasteiger partial charge in [-0.15, -0.1) is 0 Å². The molecule has 8 nitrogen and oxygen atoms in total. The Bertz CT molecular complexity index is 1630. The summed E-state index contributed by atoms with van der Waals surface area (Å²) in [6.07, 6.45) is 1.48. The maximum absolute atomic E-state index is 13.1. The van der Waals surface area contributed by atoms with Crippen LogP contribution in [0.3, 0.4) is 0 Å². The minimum atomic E-state index is -0.400. The van der Waals surface area contributed by atoms with Gasteiger partial charge in [0.25, 0.3) is 10.4 Å². The Morgan fingerprint density at radius 2 is 1.85 bits per heavy atom. The fraction of sp³-hybridized carbons (Fsp3) is 0.0435. The Morgan fingerprint density at radius 1 is 1.03 bits per heavy atom. The first kappa shape index (κ1) is 21.3. The van der Waals surface area contributed by atoms with E-state index >= 15 is 0 Å². The van der Waals surface area contributed by atoms with Crippen molar-refractivity contribution in [3.63, 3.8) is 0 Å². The van der Waals surface area contributed by atoms with Gasteiger partial charge >= 0.3 is 0 Å². The Hall–Kier alpha value is -3.51. The number of methoxy groups -OCH3 is 1. The third-order valence-corrected chi connectivity index (χ3v) is 5.66. The number of halogens is 1. The number of para-hydroxylation sites is 2. The number of ether oxygens (including phenoxy) is 2. The number of aromatic nitrogens is 3. The molecule has 0 unspecified atom stereocenters. The molecule has 0 bridgehead atoms. The number of fused-ring (bicyclic) bond motifs is 2. The van der Waals surface area contributed by atoms with E-state index in [1.54, 1.807) is 65.5 Å². The minimum Gasteiger partial charge on any atom is -0.493 e. The average molecular weight is 571 g/mol. The highest BCUT2D eigenvalue weighted by atomic mass is 127. The predicted octanol–water partition coefficient (Wildman–Crippen LogP) is 5.79. The Kier molecular flexibility index (Phi) is 5.68. The lowest BCUT2D eigenvalue weighted by atomic mass is 10.2. The van der Waals surface area contributed by atoms with Crippen molar-refractivity contribution in [2.45, 2.75) is 0 Å². The Labute approximate surface area is 206 Å².